The average Bonchev–Trinajstić information content (AvgIpc) is 2.87. The van der Waals surface area contributed by atoms with Gasteiger partial charge in [-0.1, -0.05) is 0 Å². The van der Waals surface area contributed by atoms with Crippen LogP contribution in [-0.4, -0.2) is 60.2 Å². The molecule has 0 aliphatic carbocycles. The van der Waals surface area contributed by atoms with Crippen LogP contribution in [0.5, 0.6) is 0 Å². The summed E-state index contributed by atoms with van der Waals surface area (Å²) in [7, 11) is 1.86. The molecule has 2 rings (SSSR count). The van der Waals surface area contributed by atoms with Gasteiger partial charge in [0.05, 0.1) is 19.4 Å². The Kier molecular flexibility index (Phi) is 7.18. The number of nitrogens with one attached hydrogen (secondary N) is 2. The number of hydrogen-bond acceptors (Lipinski definition) is 5. The lowest BCUT2D eigenvalue weighted by atomic mass is 10.3. The molecule has 1 saturated heterocycles. The molecule has 130 valence electrons. The van der Waals surface area contributed by atoms with Crippen LogP contribution in [0.4, 0.5) is 0 Å². The minimum absolute atomic E-state index is 0.502. The molecule has 0 amide bonds. The third kappa shape index (κ3) is 5.30. The zero-order valence-electron chi connectivity index (χ0n) is 14.2. The van der Waals surface area contributed by atoms with Crippen molar-refractivity contribution in [3.8, 4) is 6.07 Å². The van der Waals surface area contributed by atoms with E-state index in [4.69, 9.17) is 22.2 Å². The van der Waals surface area contributed by atoms with Gasteiger partial charge in [-0.05, 0) is 38.2 Å². The second kappa shape index (κ2) is 9.37. The van der Waals surface area contributed by atoms with Crippen molar-refractivity contribution in [1.82, 2.24) is 20.2 Å². The molecule has 1 aromatic rings. The highest BCUT2D eigenvalue weighted by Gasteiger charge is 2.09. The number of thiocarbonyl (C=S) groups is 1. The third-order valence-corrected chi connectivity index (χ3v) is 4.33. The summed E-state index contributed by atoms with van der Waals surface area (Å²) in [4.78, 5) is 2.39. The quantitative estimate of drug-likeness (QED) is 0.341. The Balaban J connectivity index is 1.66. The topological polar surface area (TPSA) is 77.6 Å². The Morgan fingerprint density at radius 3 is 2.92 bits per heavy atom. The van der Waals surface area contributed by atoms with Crippen molar-refractivity contribution < 1.29 is 4.74 Å². The van der Waals surface area contributed by atoms with Crippen LogP contribution >= 0.6 is 12.2 Å². The number of nitrogens with zero attached hydrogens (tertiary/aromatic N) is 4. The third-order valence-electron chi connectivity index (χ3n) is 4.10. The maximum absolute atomic E-state index is 9.01. The molecule has 0 unspecified atom stereocenters. The highest BCUT2D eigenvalue weighted by atomic mass is 32.1. The van der Waals surface area contributed by atoms with E-state index in [1.165, 1.54) is 0 Å². The first-order valence-electron chi connectivity index (χ1n) is 8.05. The summed E-state index contributed by atoms with van der Waals surface area (Å²) >= 11 is 5.20. The van der Waals surface area contributed by atoms with Crippen LogP contribution in [0.2, 0.25) is 0 Å². The lowest BCUT2D eigenvalue weighted by Crippen LogP contribution is -2.39. The normalized spacial score (nSPS) is 15.4. The van der Waals surface area contributed by atoms with Gasteiger partial charge >= 0.3 is 0 Å². The van der Waals surface area contributed by atoms with Crippen molar-refractivity contribution in [3.63, 3.8) is 0 Å². The monoisotopic (exact) mass is 348 g/mol. The van der Waals surface area contributed by atoms with Gasteiger partial charge in [-0.15, -0.1) is 0 Å². The van der Waals surface area contributed by atoms with Crippen molar-refractivity contribution in [2.45, 2.75) is 13.3 Å². The van der Waals surface area contributed by atoms with Crippen LogP contribution in [0, 0.1) is 18.3 Å². The van der Waals surface area contributed by atoms with Crippen molar-refractivity contribution in [1.29, 1.82) is 5.26 Å². The summed E-state index contributed by atoms with van der Waals surface area (Å²) in [6.07, 6.45) is 2.70. The molecular formula is C16H24N6OS. The molecule has 0 bridgehead atoms. The van der Waals surface area contributed by atoms with Crippen molar-refractivity contribution >= 4 is 23.5 Å². The molecule has 24 heavy (non-hydrogen) atoms. The molecule has 1 aliphatic rings. The van der Waals surface area contributed by atoms with E-state index in [1.54, 1.807) is 12.3 Å². The Labute approximate surface area is 148 Å². The van der Waals surface area contributed by atoms with Crippen molar-refractivity contribution in [3.05, 3.63) is 23.0 Å². The zero-order chi connectivity index (χ0) is 17.4. The maximum Gasteiger partial charge on any atom is 0.186 e. The predicted octanol–water partition coefficient (Wildman–Crippen LogP) is 0.726. The summed E-state index contributed by atoms with van der Waals surface area (Å²) in [5.74, 6) is 0. The molecular weight excluding hydrogens is 324 g/mol. The maximum atomic E-state index is 9.01. The molecule has 0 aromatic carbocycles. The van der Waals surface area contributed by atoms with Gasteiger partial charge < -0.3 is 14.6 Å². The van der Waals surface area contributed by atoms with E-state index in [9.17, 15) is 0 Å². The Hall–Kier alpha value is -1.95. The highest BCUT2D eigenvalue weighted by molar-refractivity contribution is 7.80. The molecule has 2 heterocycles. The van der Waals surface area contributed by atoms with E-state index in [1.807, 2.05) is 18.5 Å². The number of aromatic nitrogens is 1. The summed E-state index contributed by atoms with van der Waals surface area (Å²) in [6.45, 7) is 7.47. The zero-order valence-corrected chi connectivity index (χ0v) is 15.0. The molecule has 0 saturated carbocycles. The van der Waals surface area contributed by atoms with E-state index in [-0.39, 0.29) is 0 Å². The molecule has 0 radical (unpaired) electrons. The molecule has 0 atom stereocenters. The van der Waals surface area contributed by atoms with Gasteiger partial charge in [0.25, 0.3) is 0 Å². The summed E-state index contributed by atoms with van der Waals surface area (Å²) in [5.41, 5.74) is 5.30. The lowest BCUT2D eigenvalue weighted by molar-refractivity contribution is 0.0376. The van der Waals surface area contributed by atoms with Gasteiger partial charge in [-0.25, -0.2) is 0 Å². The van der Waals surface area contributed by atoms with E-state index >= 15 is 0 Å². The van der Waals surface area contributed by atoms with Crippen LogP contribution < -0.4 is 10.7 Å². The fourth-order valence-electron chi connectivity index (χ4n) is 2.49. The number of nitriles is 1. The lowest BCUT2D eigenvalue weighted by Gasteiger charge is -2.26. The van der Waals surface area contributed by atoms with Crippen LogP contribution in [0.15, 0.2) is 11.2 Å². The van der Waals surface area contributed by atoms with E-state index in [0.717, 1.165) is 57.1 Å². The number of hydrazone groups is 1. The van der Waals surface area contributed by atoms with Gasteiger partial charge in [0, 0.05) is 37.9 Å². The second-order valence-electron chi connectivity index (χ2n) is 5.67. The Bertz CT molecular complexity index is 627. The predicted molar refractivity (Wildman–Crippen MR) is 98.1 cm³/mol. The van der Waals surface area contributed by atoms with Crippen LogP contribution in [0.1, 0.15) is 23.4 Å². The van der Waals surface area contributed by atoms with Gasteiger partial charge in [0.15, 0.2) is 5.11 Å². The SMILES string of the molecule is Cc1c(/C=N\NC(=S)NCCCN2CCOCC2)cc(C#N)n1C. The molecule has 0 spiro atoms. The molecule has 1 aromatic heterocycles. The molecule has 7 nitrogen and oxygen atoms in total. The number of ether oxygens (including phenoxy) is 1. The number of rotatable bonds is 6. The second-order valence-corrected chi connectivity index (χ2v) is 6.08. The first-order valence-corrected chi connectivity index (χ1v) is 8.46. The largest absolute Gasteiger partial charge is 0.379 e. The highest BCUT2D eigenvalue weighted by Crippen LogP contribution is 2.10. The summed E-state index contributed by atoms with van der Waals surface area (Å²) < 4.78 is 7.16. The molecule has 1 fully saturated rings. The first kappa shape index (κ1) is 18.4. The van der Waals surface area contributed by atoms with E-state index in [0.29, 0.717) is 10.8 Å². The summed E-state index contributed by atoms with van der Waals surface area (Å²) in [6, 6.07) is 3.95. The summed E-state index contributed by atoms with van der Waals surface area (Å²) in [5, 5.41) is 16.8. The minimum atomic E-state index is 0.502. The van der Waals surface area contributed by atoms with Gasteiger partial charge in [0.1, 0.15) is 11.8 Å². The first-order chi connectivity index (χ1) is 11.6. The number of morpholine rings is 1. The fraction of sp³-hybridized carbons (Fsp3) is 0.562. The van der Waals surface area contributed by atoms with Gasteiger partial charge in [-0.3, -0.25) is 10.3 Å². The van der Waals surface area contributed by atoms with Crippen molar-refractivity contribution in [2.75, 3.05) is 39.4 Å². The van der Waals surface area contributed by atoms with E-state index < -0.39 is 0 Å². The fourth-order valence-corrected chi connectivity index (χ4v) is 2.64. The molecule has 8 heteroatoms. The Morgan fingerprint density at radius 1 is 1.50 bits per heavy atom. The minimum Gasteiger partial charge on any atom is -0.379 e. The average molecular weight is 348 g/mol. The van der Waals surface area contributed by atoms with Crippen LogP contribution in [0.25, 0.3) is 0 Å². The van der Waals surface area contributed by atoms with Crippen LogP contribution in [-0.2, 0) is 11.8 Å². The van der Waals surface area contributed by atoms with E-state index in [2.05, 4.69) is 26.8 Å². The Morgan fingerprint density at radius 2 is 2.25 bits per heavy atom. The van der Waals surface area contributed by atoms with Crippen molar-refractivity contribution in [2.24, 2.45) is 12.1 Å². The van der Waals surface area contributed by atoms with Crippen LogP contribution in [0.3, 0.4) is 0 Å². The van der Waals surface area contributed by atoms with Gasteiger partial charge in [-0.2, -0.15) is 10.4 Å². The number of hydrogen-bond donors (Lipinski definition) is 2. The standard InChI is InChI=1S/C16H24N6OS/c1-13-14(10-15(11-17)21(13)2)12-19-20-16(24)18-4-3-5-22-6-8-23-9-7-22/h10,12H,3-9H2,1-2H3,(H2,18,20,24)/b19-12-. The molecule has 1 aliphatic heterocycles. The smallest absolute Gasteiger partial charge is 0.186 e. The molecule has 2 N–H and O–H groups in total. The van der Waals surface area contributed by atoms with Gasteiger partial charge in [0.2, 0.25) is 0 Å².